The molecule has 3 N–H and O–H groups in total. The van der Waals surface area contributed by atoms with Gasteiger partial charge in [0.15, 0.2) is 0 Å². The van der Waals surface area contributed by atoms with Gasteiger partial charge in [-0.05, 0) is 13.0 Å². The summed E-state index contributed by atoms with van der Waals surface area (Å²) in [6.07, 6.45) is 3.33. The summed E-state index contributed by atoms with van der Waals surface area (Å²) in [5.74, 6) is -0.469. The van der Waals surface area contributed by atoms with Crippen LogP contribution in [-0.4, -0.2) is 41.3 Å². The maximum atomic E-state index is 10.5. The van der Waals surface area contributed by atoms with Gasteiger partial charge >= 0.3 is 5.97 Å². The fourth-order valence-corrected chi connectivity index (χ4v) is 1.17. The molecule has 15 heavy (non-hydrogen) atoms. The first kappa shape index (κ1) is 16.7. The summed E-state index contributed by atoms with van der Waals surface area (Å²) in [6, 6.07) is -0.495. The molecule has 0 aliphatic carbocycles. The maximum Gasteiger partial charge on any atom is 0.321 e. The van der Waals surface area contributed by atoms with Gasteiger partial charge in [-0.2, -0.15) is 12.6 Å². The zero-order valence-electron chi connectivity index (χ0n) is 9.02. The summed E-state index contributed by atoms with van der Waals surface area (Å²) >= 11 is 3.94. The van der Waals surface area contributed by atoms with Crippen molar-refractivity contribution >= 4 is 25.3 Å². The number of thiol groups is 1. The number of carbonyl (C=O) groups is 1. The van der Waals surface area contributed by atoms with Crippen LogP contribution in [0.4, 0.5) is 0 Å². The van der Waals surface area contributed by atoms with Crippen molar-refractivity contribution in [2.45, 2.75) is 32.2 Å². The molecule has 0 aromatic heterocycles. The molecule has 5 nitrogen and oxygen atoms in total. The summed E-state index contributed by atoms with van der Waals surface area (Å²) in [5.41, 5.74) is 0. The van der Waals surface area contributed by atoms with Crippen LogP contribution >= 0.6 is 12.6 Å². The van der Waals surface area contributed by atoms with Gasteiger partial charge in [-0.15, -0.1) is 5.16 Å². The van der Waals surface area contributed by atoms with Gasteiger partial charge in [-0.1, -0.05) is 19.8 Å². The minimum atomic E-state index is -0.818. The molecule has 0 amide bonds. The molecule has 0 saturated carbocycles. The summed E-state index contributed by atoms with van der Waals surface area (Å²) in [7, 11) is 0. The smallest absolute Gasteiger partial charge is 0.321 e. The zero-order valence-corrected chi connectivity index (χ0v) is 9.91. The van der Waals surface area contributed by atoms with Crippen molar-refractivity contribution in [1.82, 2.24) is 5.32 Å². The van der Waals surface area contributed by atoms with E-state index < -0.39 is 12.0 Å². The Bertz CT molecular complexity index is 167. The molecule has 0 aliphatic rings. The van der Waals surface area contributed by atoms with Gasteiger partial charge in [0.2, 0.25) is 0 Å². The minimum Gasteiger partial charge on any atom is -0.480 e. The SMILES string of the molecule is C=NO.CCCCCN[C@@H](CS)C(=O)O. The van der Waals surface area contributed by atoms with Crippen LogP contribution in [-0.2, 0) is 4.79 Å². The van der Waals surface area contributed by atoms with Crippen LogP contribution in [0.2, 0.25) is 0 Å². The highest BCUT2D eigenvalue weighted by Gasteiger charge is 2.12. The Morgan fingerprint density at radius 3 is 2.47 bits per heavy atom. The predicted molar refractivity (Wildman–Crippen MR) is 64.1 cm³/mol. The van der Waals surface area contributed by atoms with E-state index in [2.05, 4.69) is 36.7 Å². The monoisotopic (exact) mass is 236 g/mol. The fourth-order valence-electron chi connectivity index (χ4n) is 0.881. The molecule has 1 atom stereocenters. The van der Waals surface area contributed by atoms with Gasteiger partial charge in [0.05, 0.1) is 0 Å². The van der Waals surface area contributed by atoms with Crippen LogP contribution in [0.5, 0.6) is 0 Å². The van der Waals surface area contributed by atoms with Gasteiger partial charge in [0.1, 0.15) is 6.04 Å². The summed E-state index contributed by atoms with van der Waals surface area (Å²) < 4.78 is 0. The number of unbranched alkanes of at least 4 members (excludes halogenated alkanes) is 2. The van der Waals surface area contributed by atoms with E-state index in [0.717, 1.165) is 25.8 Å². The minimum absolute atomic E-state index is 0.349. The van der Waals surface area contributed by atoms with Crippen molar-refractivity contribution in [2.24, 2.45) is 5.16 Å². The lowest BCUT2D eigenvalue weighted by Crippen LogP contribution is -2.38. The van der Waals surface area contributed by atoms with E-state index in [9.17, 15) is 4.79 Å². The number of hydrogen-bond acceptors (Lipinski definition) is 5. The van der Waals surface area contributed by atoms with Gasteiger partial charge in [-0.25, -0.2) is 0 Å². The molecule has 6 heteroatoms. The molecule has 0 radical (unpaired) electrons. The van der Waals surface area contributed by atoms with Crippen LogP contribution < -0.4 is 5.32 Å². The number of nitrogens with one attached hydrogen (secondary N) is 1. The van der Waals surface area contributed by atoms with E-state index in [1.54, 1.807) is 0 Å². The number of carboxylic acids is 1. The molecule has 0 fully saturated rings. The Hall–Kier alpha value is -0.750. The molecule has 0 bridgehead atoms. The average Bonchev–Trinajstić information content (AvgIpc) is 2.18. The van der Waals surface area contributed by atoms with Crippen LogP contribution in [0.25, 0.3) is 0 Å². The molecule has 0 aromatic carbocycles. The second kappa shape index (κ2) is 13.2. The van der Waals surface area contributed by atoms with Crippen molar-refractivity contribution in [1.29, 1.82) is 0 Å². The first-order valence-corrected chi connectivity index (χ1v) is 5.44. The maximum absolute atomic E-state index is 10.5. The van der Waals surface area contributed by atoms with Crippen molar-refractivity contribution in [3.63, 3.8) is 0 Å². The van der Waals surface area contributed by atoms with Gasteiger partial charge < -0.3 is 15.6 Å². The van der Waals surface area contributed by atoms with E-state index in [1.165, 1.54) is 0 Å². The van der Waals surface area contributed by atoms with Crippen LogP contribution in [0.15, 0.2) is 5.16 Å². The summed E-state index contributed by atoms with van der Waals surface area (Å²) in [4.78, 5) is 10.5. The molecule has 0 aromatic rings. The molecule has 0 spiro atoms. The van der Waals surface area contributed by atoms with Crippen molar-refractivity contribution in [2.75, 3.05) is 12.3 Å². The standard InChI is InChI=1S/C8H17NO2S.CH3NO/c1-2-3-4-5-9-7(6-12)8(10)11;1-2-3/h7,9,12H,2-6H2,1H3,(H,10,11);3H,1H2/t7-;/m0./s1. The molecular formula is C9H20N2O3S. The quantitative estimate of drug-likeness (QED) is 0.176. The third-order valence-electron chi connectivity index (χ3n) is 1.65. The third kappa shape index (κ3) is 13.2. The van der Waals surface area contributed by atoms with E-state index >= 15 is 0 Å². The lowest BCUT2D eigenvalue weighted by Gasteiger charge is -2.10. The highest BCUT2D eigenvalue weighted by atomic mass is 32.1. The normalized spacial score (nSPS) is 11.1. The average molecular weight is 236 g/mol. The van der Waals surface area contributed by atoms with E-state index in [-0.39, 0.29) is 0 Å². The van der Waals surface area contributed by atoms with Crippen molar-refractivity contribution < 1.29 is 15.1 Å². The van der Waals surface area contributed by atoms with Gasteiger partial charge in [0, 0.05) is 12.5 Å². The molecule has 0 heterocycles. The van der Waals surface area contributed by atoms with Crippen LogP contribution in [0.1, 0.15) is 26.2 Å². The van der Waals surface area contributed by atoms with Crippen LogP contribution in [0, 0.1) is 0 Å². The Balaban J connectivity index is 0. The Labute approximate surface area is 96.0 Å². The molecule has 0 rings (SSSR count). The van der Waals surface area contributed by atoms with Crippen molar-refractivity contribution in [3.8, 4) is 0 Å². The second-order valence-corrected chi connectivity index (χ2v) is 3.24. The molecule has 90 valence electrons. The number of rotatable bonds is 7. The highest BCUT2D eigenvalue weighted by Crippen LogP contribution is 1.93. The number of aliphatic carboxylic acids is 1. The van der Waals surface area contributed by atoms with Gasteiger partial charge in [-0.3, -0.25) is 4.79 Å². The number of nitrogens with zero attached hydrogens (tertiary/aromatic N) is 1. The highest BCUT2D eigenvalue weighted by molar-refractivity contribution is 7.80. The lowest BCUT2D eigenvalue weighted by atomic mass is 10.2. The Kier molecular flexibility index (Phi) is 14.7. The van der Waals surface area contributed by atoms with Crippen molar-refractivity contribution in [3.05, 3.63) is 0 Å². The third-order valence-corrected chi connectivity index (χ3v) is 2.02. The number of hydrogen-bond donors (Lipinski definition) is 4. The first-order valence-electron chi connectivity index (χ1n) is 4.81. The summed E-state index contributed by atoms with van der Waals surface area (Å²) in [5, 5.41) is 20.9. The zero-order chi connectivity index (χ0) is 12.1. The molecule has 0 saturated heterocycles. The predicted octanol–water partition coefficient (Wildman–Crippen LogP) is 1.23. The van der Waals surface area contributed by atoms with E-state index in [0.29, 0.717) is 5.75 Å². The molecular weight excluding hydrogens is 216 g/mol. The lowest BCUT2D eigenvalue weighted by molar-refractivity contribution is -0.138. The first-order chi connectivity index (χ1) is 7.13. The van der Waals surface area contributed by atoms with Crippen LogP contribution in [0.3, 0.4) is 0 Å². The molecule has 0 unspecified atom stereocenters. The summed E-state index contributed by atoms with van der Waals surface area (Å²) in [6.45, 7) is 5.55. The van der Waals surface area contributed by atoms with E-state index in [1.807, 2.05) is 0 Å². The Morgan fingerprint density at radius 1 is 1.60 bits per heavy atom. The molecule has 0 aliphatic heterocycles. The second-order valence-electron chi connectivity index (χ2n) is 2.88. The number of oxime groups is 1. The Morgan fingerprint density at radius 2 is 2.13 bits per heavy atom. The van der Waals surface area contributed by atoms with Gasteiger partial charge in [0.25, 0.3) is 0 Å². The van der Waals surface area contributed by atoms with E-state index in [4.69, 9.17) is 10.3 Å². The fraction of sp³-hybridized carbons (Fsp3) is 0.778. The topological polar surface area (TPSA) is 81.9 Å². The largest absolute Gasteiger partial charge is 0.480 e. The number of carboxylic acid groups (broad SMARTS) is 1.